The monoisotopic (exact) mass is 260 g/mol. The zero-order chi connectivity index (χ0) is 13.7. The number of hydrogen-bond acceptors (Lipinski definition) is 5. The maximum Gasteiger partial charge on any atom is 0.224 e. The third-order valence-corrected chi connectivity index (χ3v) is 3.84. The number of aryl methyl sites for hydroxylation is 1. The van der Waals surface area contributed by atoms with Crippen LogP contribution in [0.2, 0.25) is 0 Å². The lowest BCUT2D eigenvalue weighted by Crippen LogP contribution is -2.36. The van der Waals surface area contributed by atoms with Gasteiger partial charge in [-0.1, -0.05) is 19.3 Å². The normalized spacial score (nSPS) is 17.7. The van der Waals surface area contributed by atoms with Crippen molar-refractivity contribution in [3.63, 3.8) is 0 Å². The van der Waals surface area contributed by atoms with Gasteiger partial charge < -0.3 is 10.4 Å². The zero-order valence-electron chi connectivity index (χ0n) is 11.3. The van der Waals surface area contributed by atoms with Crippen molar-refractivity contribution in [2.45, 2.75) is 39.0 Å². The third kappa shape index (κ3) is 3.42. The molecule has 2 N–H and O–H groups in total. The highest BCUT2D eigenvalue weighted by Gasteiger charge is 2.31. The molecule has 19 heavy (non-hydrogen) atoms. The van der Waals surface area contributed by atoms with Gasteiger partial charge in [-0.15, -0.1) is 0 Å². The number of hydrogen-bond donors (Lipinski definition) is 2. The summed E-state index contributed by atoms with van der Waals surface area (Å²) in [6.07, 6.45) is 5.66. The van der Waals surface area contributed by atoms with Crippen molar-refractivity contribution in [2.75, 3.05) is 18.5 Å². The summed E-state index contributed by atoms with van der Waals surface area (Å²) in [7, 11) is 0. The van der Waals surface area contributed by atoms with Gasteiger partial charge in [-0.05, 0) is 25.8 Å². The molecule has 0 saturated heterocycles. The smallest absolute Gasteiger partial charge is 0.224 e. The summed E-state index contributed by atoms with van der Waals surface area (Å²) in [6.45, 7) is 2.70. The number of aliphatic hydroxyl groups is 1. The van der Waals surface area contributed by atoms with Crippen molar-refractivity contribution in [2.24, 2.45) is 5.41 Å². The van der Waals surface area contributed by atoms with E-state index in [-0.39, 0.29) is 12.0 Å². The summed E-state index contributed by atoms with van der Waals surface area (Å²) in [5.74, 6) is 0.481. The van der Waals surface area contributed by atoms with Crippen LogP contribution < -0.4 is 5.32 Å². The molecule has 0 bridgehead atoms. The van der Waals surface area contributed by atoms with Gasteiger partial charge in [0.1, 0.15) is 11.8 Å². The summed E-state index contributed by atoms with van der Waals surface area (Å²) < 4.78 is 0. The quantitative estimate of drug-likeness (QED) is 0.865. The minimum atomic E-state index is -0.0574. The first-order valence-electron chi connectivity index (χ1n) is 6.78. The first-order valence-corrected chi connectivity index (χ1v) is 6.78. The van der Waals surface area contributed by atoms with Crippen LogP contribution in [0.15, 0.2) is 6.07 Å². The average Bonchev–Trinajstić information content (AvgIpc) is 2.45. The molecule has 0 aliphatic heterocycles. The van der Waals surface area contributed by atoms with E-state index in [4.69, 9.17) is 5.26 Å². The second-order valence-electron chi connectivity index (χ2n) is 5.40. The minimum absolute atomic E-state index is 0.0574. The fourth-order valence-corrected chi connectivity index (χ4v) is 2.66. The summed E-state index contributed by atoms with van der Waals surface area (Å²) in [4.78, 5) is 8.41. The molecule has 5 nitrogen and oxygen atoms in total. The van der Waals surface area contributed by atoms with E-state index in [0.29, 0.717) is 18.2 Å². The van der Waals surface area contributed by atoms with Crippen LogP contribution in [0, 0.1) is 23.7 Å². The molecule has 1 aromatic rings. The summed E-state index contributed by atoms with van der Waals surface area (Å²) in [6, 6.07) is 3.69. The Balaban J connectivity index is 2.05. The number of nitrogens with one attached hydrogen (secondary N) is 1. The molecule has 1 fully saturated rings. The van der Waals surface area contributed by atoms with Crippen molar-refractivity contribution in [3.8, 4) is 6.07 Å². The van der Waals surface area contributed by atoms with Crippen LogP contribution in [0.5, 0.6) is 0 Å². The minimum Gasteiger partial charge on any atom is -0.396 e. The van der Waals surface area contributed by atoms with Gasteiger partial charge in [-0.2, -0.15) is 5.26 Å². The van der Waals surface area contributed by atoms with Gasteiger partial charge in [0, 0.05) is 17.7 Å². The van der Waals surface area contributed by atoms with E-state index in [9.17, 15) is 5.11 Å². The van der Waals surface area contributed by atoms with Gasteiger partial charge >= 0.3 is 0 Å². The van der Waals surface area contributed by atoms with Crippen molar-refractivity contribution >= 4 is 5.95 Å². The second-order valence-corrected chi connectivity index (χ2v) is 5.40. The van der Waals surface area contributed by atoms with Crippen LogP contribution in [0.3, 0.4) is 0 Å². The molecule has 1 aliphatic carbocycles. The fourth-order valence-electron chi connectivity index (χ4n) is 2.66. The Kier molecular flexibility index (Phi) is 4.33. The molecular weight excluding hydrogens is 240 g/mol. The second kappa shape index (κ2) is 5.98. The van der Waals surface area contributed by atoms with E-state index in [1.807, 2.05) is 13.0 Å². The Morgan fingerprint density at radius 1 is 1.37 bits per heavy atom. The van der Waals surface area contributed by atoms with Crippen molar-refractivity contribution in [1.29, 1.82) is 5.26 Å². The van der Waals surface area contributed by atoms with E-state index >= 15 is 0 Å². The molecule has 1 heterocycles. The number of anilines is 1. The van der Waals surface area contributed by atoms with Crippen molar-refractivity contribution in [3.05, 3.63) is 17.5 Å². The zero-order valence-corrected chi connectivity index (χ0v) is 11.3. The van der Waals surface area contributed by atoms with Crippen LogP contribution in [0.4, 0.5) is 5.95 Å². The van der Waals surface area contributed by atoms with Gasteiger partial charge in [-0.25, -0.2) is 9.97 Å². The van der Waals surface area contributed by atoms with E-state index in [2.05, 4.69) is 15.3 Å². The van der Waals surface area contributed by atoms with Crippen LogP contribution >= 0.6 is 0 Å². The molecular formula is C14H20N4O. The summed E-state index contributed by atoms with van der Waals surface area (Å²) in [5.41, 5.74) is 1.09. The lowest BCUT2D eigenvalue weighted by Gasteiger charge is -2.35. The topological polar surface area (TPSA) is 81.8 Å². The standard InChI is InChI=1S/C14H20N4O/c1-11-7-12(8-15)18-13(17-11)16-9-14(10-19)5-3-2-4-6-14/h7,19H,2-6,9-10H2,1H3,(H,16,17,18). The number of rotatable bonds is 4. The fraction of sp³-hybridized carbons (Fsp3) is 0.643. The highest BCUT2D eigenvalue weighted by molar-refractivity contribution is 5.33. The molecule has 0 amide bonds. The molecule has 0 radical (unpaired) electrons. The maximum absolute atomic E-state index is 9.64. The van der Waals surface area contributed by atoms with Gasteiger partial charge in [0.05, 0.1) is 6.61 Å². The van der Waals surface area contributed by atoms with E-state index in [1.54, 1.807) is 6.07 Å². The molecule has 0 atom stereocenters. The molecule has 1 saturated carbocycles. The lowest BCUT2D eigenvalue weighted by atomic mass is 9.74. The predicted molar refractivity (Wildman–Crippen MR) is 72.6 cm³/mol. The molecule has 102 valence electrons. The third-order valence-electron chi connectivity index (χ3n) is 3.84. The Morgan fingerprint density at radius 3 is 2.74 bits per heavy atom. The van der Waals surface area contributed by atoms with Gasteiger partial charge in [0.15, 0.2) is 0 Å². The van der Waals surface area contributed by atoms with Crippen LogP contribution in [0.25, 0.3) is 0 Å². The lowest BCUT2D eigenvalue weighted by molar-refractivity contribution is 0.0942. The molecule has 0 spiro atoms. The van der Waals surface area contributed by atoms with Gasteiger partial charge in [0.25, 0.3) is 0 Å². The molecule has 5 heteroatoms. The number of nitrogens with zero attached hydrogens (tertiary/aromatic N) is 3. The van der Waals surface area contributed by atoms with Gasteiger partial charge in [-0.3, -0.25) is 0 Å². The van der Waals surface area contributed by atoms with Crippen molar-refractivity contribution < 1.29 is 5.11 Å². The maximum atomic E-state index is 9.64. The average molecular weight is 260 g/mol. The Bertz CT molecular complexity index is 475. The first-order chi connectivity index (χ1) is 9.17. The highest BCUT2D eigenvalue weighted by atomic mass is 16.3. The van der Waals surface area contributed by atoms with E-state index < -0.39 is 0 Å². The Labute approximate surface area is 113 Å². The van der Waals surface area contributed by atoms with Crippen LogP contribution in [0.1, 0.15) is 43.5 Å². The largest absolute Gasteiger partial charge is 0.396 e. The Morgan fingerprint density at radius 2 is 2.11 bits per heavy atom. The molecule has 0 unspecified atom stereocenters. The Hall–Kier alpha value is -1.67. The van der Waals surface area contributed by atoms with E-state index in [1.165, 1.54) is 19.3 Å². The highest BCUT2D eigenvalue weighted by Crippen LogP contribution is 2.35. The number of nitriles is 1. The summed E-state index contributed by atoms with van der Waals surface area (Å²) in [5, 5.41) is 21.7. The number of aliphatic hydroxyl groups excluding tert-OH is 1. The molecule has 2 rings (SSSR count). The van der Waals surface area contributed by atoms with Gasteiger partial charge in [0.2, 0.25) is 5.95 Å². The predicted octanol–water partition coefficient (Wildman–Crippen LogP) is 2.01. The molecule has 1 aliphatic rings. The molecule has 1 aromatic heterocycles. The molecule has 0 aromatic carbocycles. The summed E-state index contributed by atoms with van der Waals surface area (Å²) >= 11 is 0. The number of aromatic nitrogens is 2. The van der Waals surface area contributed by atoms with Crippen LogP contribution in [-0.4, -0.2) is 28.2 Å². The van der Waals surface area contributed by atoms with Crippen LogP contribution in [-0.2, 0) is 0 Å². The SMILES string of the molecule is Cc1cc(C#N)nc(NCC2(CO)CCCCC2)n1. The first kappa shape index (κ1) is 13.8. The van der Waals surface area contributed by atoms with Crippen molar-refractivity contribution in [1.82, 2.24) is 9.97 Å². The van der Waals surface area contributed by atoms with E-state index in [0.717, 1.165) is 18.5 Å².